The van der Waals surface area contributed by atoms with Crippen molar-refractivity contribution in [1.82, 2.24) is 15.0 Å². The molecular formula is C22H18FN5O. The minimum absolute atomic E-state index is 0.167. The highest BCUT2D eigenvalue weighted by atomic mass is 19.1. The highest BCUT2D eigenvalue weighted by Gasteiger charge is 2.12. The van der Waals surface area contributed by atoms with Gasteiger partial charge in [-0.1, -0.05) is 24.3 Å². The number of nitrogens with zero attached hydrogens (tertiary/aromatic N) is 4. The number of allylic oxidation sites excluding steroid dienone is 6. The minimum Gasteiger partial charge on any atom is -0.463 e. The second-order valence-corrected chi connectivity index (χ2v) is 6.31. The van der Waals surface area contributed by atoms with Gasteiger partial charge in [-0.15, -0.1) is 0 Å². The van der Waals surface area contributed by atoms with E-state index in [1.165, 1.54) is 6.08 Å². The zero-order chi connectivity index (χ0) is 20.1. The lowest BCUT2D eigenvalue weighted by atomic mass is 10.1. The molecule has 1 atom stereocenters. The van der Waals surface area contributed by atoms with Gasteiger partial charge in [0, 0.05) is 30.2 Å². The molecule has 0 bridgehead atoms. The van der Waals surface area contributed by atoms with Crippen LogP contribution in [0.3, 0.4) is 0 Å². The lowest BCUT2D eigenvalue weighted by molar-refractivity contribution is 0.446. The Bertz CT molecular complexity index is 1160. The molecule has 3 aromatic rings. The Morgan fingerprint density at radius 3 is 2.93 bits per heavy atom. The van der Waals surface area contributed by atoms with Gasteiger partial charge in [0.25, 0.3) is 0 Å². The quantitative estimate of drug-likeness (QED) is 0.673. The summed E-state index contributed by atoms with van der Waals surface area (Å²) in [6.45, 7) is 0.167. The Labute approximate surface area is 166 Å². The van der Waals surface area contributed by atoms with Crippen LogP contribution in [0, 0.1) is 0 Å². The number of alkyl halides is 1. The number of halogens is 1. The van der Waals surface area contributed by atoms with Crippen molar-refractivity contribution in [2.45, 2.75) is 6.17 Å². The second-order valence-electron chi connectivity index (χ2n) is 6.31. The molecule has 3 aromatic heterocycles. The summed E-state index contributed by atoms with van der Waals surface area (Å²) in [5.74, 6) is 0.384. The summed E-state index contributed by atoms with van der Waals surface area (Å²) < 4.78 is 19.7. The first-order valence-corrected chi connectivity index (χ1v) is 9.01. The fraction of sp³-hybridized carbons (Fsp3) is 0.0909. The standard InChI is InChI=1S/C22H18FN5O/c23-17-6-3-1-2-5-15(17)13-28-20(12-18(24)22-25-8-4-9-26-22)16-11-21-19(27-14-16)7-10-29-21/h1-12,14,17H,13,24H2. The predicted molar refractivity (Wildman–Crippen MR) is 111 cm³/mol. The van der Waals surface area contributed by atoms with Gasteiger partial charge in [0.05, 0.1) is 24.2 Å². The number of fused-ring (bicyclic) bond motifs is 1. The summed E-state index contributed by atoms with van der Waals surface area (Å²) in [4.78, 5) is 17.3. The molecule has 3 heterocycles. The molecular weight excluding hydrogens is 369 g/mol. The summed E-state index contributed by atoms with van der Waals surface area (Å²) in [5.41, 5.74) is 9.67. The maximum atomic E-state index is 14.3. The van der Waals surface area contributed by atoms with Crippen molar-refractivity contribution in [3.05, 3.63) is 96.5 Å². The lowest BCUT2D eigenvalue weighted by Gasteiger charge is -2.08. The van der Waals surface area contributed by atoms with Gasteiger partial charge in [0.15, 0.2) is 11.4 Å². The Balaban J connectivity index is 1.73. The van der Waals surface area contributed by atoms with E-state index < -0.39 is 6.17 Å². The summed E-state index contributed by atoms with van der Waals surface area (Å²) >= 11 is 0. The Kier molecular flexibility index (Phi) is 5.38. The first-order valence-electron chi connectivity index (χ1n) is 9.01. The van der Waals surface area contributed by atoms with E-state index in [2.05, 4.69) is 19.9 Å². The maximum absolute atomic E-state index is 14.3. The van der Waals surface area contributed by atoms with E-state index in [1.54, 1.807) is 67.4 Å². The number of nitrogens with two attached hydrogens (primary N) is 1. The van der Waals surface area contributed by atoms with Crippen molar-refractivity contribution >= 4 is 22.5 Å². The minimum atomic E-state index is -1.19. The van der Waals surface area contributed by atoms with Crippen molar-refractivity contribution in [2.75, 3.05) is 6.54 Å². The molecule has 0 spiro atoms. The molecule has 7 heteroatoms. The number of hydrogen-bond acceptors (Lipinski definition) is 6. The van der Waals surface area contributed by atoms with E-state index in [0.717, 1.165) is 5.52 Å². The molecule has 0 aliphatic heterocycles. The largest absolute Gasteiger partial charge is 0.463 e. The molecule has 144 valence electrons. The second kappa shape index (κ2) is 8.43. The van der Waals surface area contributed by atoms with Crippen LogP contribution in [0.2, 0.25) is 0 Å². The summed E-state index contributed by atoms with van der Waals surface area (Å²) in [5, 5.41) is 0. The van der Waals surface area contributed by atoms with Crippen LogP contribution in [0.1, 0.15) is 11.4 Å². The average Bonchev–Trinajstić information content (AvgIpc) is 3.13. The summed E-state index contributed by atoms with van der Waals surface area (Å²) in [7, 11) is 0. The van der Waals surface area contributed by atoms with Gasteiger partial charge >= 0.3 is 0 Å². The van der Waals surface area contributed by atoms with Crippen LogP contribution >= 0.6 is 0 Å². The van der Waals surface area contributed by atoms with Crippen LogP contribution in [0.4, 0.5) is 4.39 Å². The number of pyridine rings is 1. The molecule has 4 rings (SSSR count). The summed E-state index contributed by atoms with van der Waals surface area (Å²) in [6.07, 6.45) is 15.4. The molecule has 1 aliphatic rings. The maximum Gasteiger partial charge on any atom is 0.175 e. The fourth-order valence-corrected chi connectivity index (χ4v) is 2.80. The molecule has 0 radical (unpaired) electrons. The molecule has 29 heavy (non-hydrogen) atoms. The van der Waals surface area contributed by atoms with Crippen LogP contribution in [0.25, 0.3) is 16.8 Å². The number of furan rings is 1. The third-order valence-electron chi connectivity index (χ3n) is 4.31. The number of aromatic nitrogens is 3. The fourth-order valence-electron chi connectivity index (χ4n) is 2.80. The molecule has 0 amide bonds. The van der Waals surface area contributed by atoms with E-state index in [-0.39, 0.29) is 6.54 Å². The highest BCUT2D eigenvalue weighted by molar-refractivity contribution is 6.12. The molecule has 0 saturated heterocycles. The normalized spacial score (nSPS) is 17.4. The SMILES string of the molecule is NC(=CC(=NCC1=CC=CC=CC1F)c1cnc2ccoc2c1)c1ncccn1. The Morgan fingerprint density at radius 2 is 2.07 bits per heavy atom. The van der Waals surface area contributed by atoms with Crippen LogP contribution in [-0.4, -0.2) is 33.4 Å². The van der Waals surface area contributed by atoms with Crippen LogP contribution in [0.15, 0.2) is 94.5 Å². The Morgan fingerprint density at radius 1 is 1.21 bits per heavy atom. The Hall–Kier alpha value is -3.87. The van der Waals surface area contributed by atoms with Crippen LogP contribution in [-0.2, 0) is 0 Å². The number of aliphatic imine (C=N–C) groups is 1. The molecule has 6 nitrogen and oxygen atoms in total. The van der Waals surface area contributed by atoms with Gasteiger partial charge in [-0.05, 0) is 29.9 Å². The van der Waals surface area contributed by atoms with Crippen molar-refractivity contribution in [2.24, 2.45) is 10.7 Å². The number of hydrogen-bond donors (Lipinski definition) is 1. The number of rotatable bonds is 5. The predicted octanol–water partition coefficient (Wildman–Crippen LogP) is 3.80. The third kappa shape index (κ3) is 4.35. The van der Waals surface area contributed by atoms with Gasteiger partial charge < -0.3 is 10.2 Å². The topological polar surface area (TPSA) is 90.2 Å². The van der Waals surface area contributed by atoms with Crippen LogP contribution < -0.4 is 5.73 Å². The molecule has 0 aromatic carbocycles. The van der Waals surface area contributed by atoms with Gasteiger partial charge in [-0.25, -0.2) is 14.4 Å². The third-order valence-corrected chi connectivity index (χ3v) is 4.31. The first-order chi connectivity index (χ1) is 14.2. The first kappa shape index (κ1) is 18.5. The molecule has 0 fully saturated rings. The van der Waals surface area contributed by atoms with Crippen molar-refractivity contribution in [3.8, 4) is 0 Å². The molecule has 1 unspecified atom stereocenters. The zero-order valence-corrected chi connectivity index (χ0v) is 15.4. The molecule has 2 N–H and O–H groups in total. The average molecular weight is 387 g/mol. The summed E-state index contributed by atoms with van der Waals surface area (Å²) in [6, 6.07) is 5.31. The van der Waals surface area contributed by atoms with Gasteiger partial charge in [0.1, 0.15) is 11.7 Å². The van der Waals surface area contributed by atoms with Gasteiger partial charge in [-0.2, -0.15) is 0 Å². The van der Waals surface area contributed by atoms with E-state index >= 15 is 0 Å². The highest BCUT2D eigenvalue weighted by Crippen LogP contribution is 2.18. The lowest BCUT2D eigenvalue weighted by Crippen LogP contribution is -2.09. The van der Waals surface area contributed by atoms with Gasteiger partial charge in [-0.3, -0.25) is 9.98 Å². The zero-order valence-electron chi connectivity index (χ0n) is 15.4. The van der Waals surface area contributed by atoms with E-state index in [9.17, 15) is 4.39 Å². The van der Waals surface area contributed by atoms with Gasteiger partial charge in [0.2, 0.25) is 0 Å². The van der Waals surface area contributed by atoms with E-state index in [1.807, 2.05) is 6.07 Å². The monoisotopic (exact) mass is 387 g/mol. The molecule has 1 aliphatic carbocycles. The van der Waals surface area contributed by atoms with Crippen molar-refractivity contribution in [1.29, 1.82) is 0 Å². The van der Waals surface area contributed by atoms with Crippen LogP contribution in [0.5, 0.6) is 0 Å². The van der Waals surface area contributed by atoms with Crippen molar-refractivity contribution in [3.63, 3.8) is 0 Å². The van der Waals surface area contributed by atoms with Crippen molar-refractivity contribution < 1.29 is 8.81 Å². The van der Waals surface area contributed by atoms with E-state index in [4.69, 9.17) is 10.2 Å². The van der Waals surface area contributed by atoms with E-state index in [0.29, 0.717) is 34.0 Å². The molecule has 0 saturated carbocycles. The smallest absolute Gasteiger partial charge is 0.175 e.